The lowest BCUT2D eigenvalue weighted by Gasteiger charge is -2.03. The third-order valence-corrected chi connectivity index (χ3v) is 1.71. The lowest BCUT2D eigenvalue weighted by Crippen LogP contribution is -2.20. The fourth-order valence-electron chi connectivity index (χ4n) is 0.965. The summed E-state index contributed by atoms with van der Waals surface area (Å²) in [5.41, 5.74) is 1.19. The normalized spacial score (nSPS) is 10.5. The number of aromatic nitrogens is 2. The van der Waals surface area contributed by atoms with Crippen LogP contribution in [-0.4, -0.2) is 30.0 Å². The highest BCUT2D eigenvalue weighted by Gasteiger charge is 1.95. The van der Waals surface area contributed by atoms with E-state index in [4.69, 9.17) is 4.74 Å². The smallest absolute Gasteiger partial charge is 0.0587 e. The highest BCUT2D eigenvalue weighted by Crippen LogP contribution is 1.93. The first kappa shape index (κ1) is 9.22. The summed E-state index contributed by atoms with van der Waals surface area (Å²) >= 11 is 0. The van der Waals surface area contributed by atoms with E-state index in [0.29, 0.717) is 0 Å². The molecule has 0 amide bonds. The summed E-state index contributed by atoms with van der Waals surface area (Å²) in [5.74, 6) is 0. The molecule has 0 aliphatic heterocycles. The first-order valence-corrected chi connectivity index (χ1v) is 4.01. The summed E-state index contributed by atoms with van der Waals surface area (Å²) in [6, 6.07) is 2.00. The molecule has 1 N–H and O–H groups in total. The molecule has 1 aromatic heterocycles. The number of rotatable bonds is 5. The van der Waals surface area contributed by atoms with Crippen molar-refractivity contribution >= 4 is 0 Å². The van der Waals surface area contributed by atoms with Gasteiger partial charge in [0.15, 0.2) is 0 Å². The minimum atomic E-state index is 0.748. The van der Waals surface area contributed by atoms with Crippen molar-refractivity contribution < 1.29 is 4.74 Å². The highest BCUT2D eigenvalue weighted by molar-refractivity contribution is 4.98. The Labute approximate surface area is 72.5 Å². The van der Waals surface area contributed by atoms with Gasteiger partial charge in [0.25, 0.3) is 0 Å². The lowest BCUT2D eigenvalue weighted by atomic mass is 10.4. The van der Waals surface area contributed by atoms with Gasteiger partial charge in [-0.1, -0.05) is 0 Å². The Hall–Kier alpha value is -0.870. The van der Waals surface area contributed by atoms with Crippen molar-refractivity contribution in [1.29, 1.82) is 0 Å². The second-order valence-corrected chi connectivity index (χ2v) is 2.62. The van der Waals surface area contributed by atoms with Gasteiger partial charge in [0, 0.05) is 33.4 Å². The number of hydrogen-bond donors (Lipinski definition) is 1. The molecule has 0 aliphatic rings. The van der Waals surface area contributed by atoms with Crippen LogP contribution in [0.4, 0.5) is 0 Å². The Kier molecular flexibility index (Phi) is 3.76. The molecule has 12 heavy (non-hydrogen) atoms. The molecule has 0 aliphatic carbocycles. The molecule has 1 rings (SSSR count). The Morgan fingerprint density at radius 1 is 1.67 bits per heavy atom. The largest absolute Gasteiger partial charge is 0.383 e. The second-order valence-electron chi connectivity index (χ2n) is 2.62. The van der Waals surface area contributed by atoms with E-state index in [9.17, 15) is 0 Å². The van der Waals surface area contributed by atoms with Crippen LogP contribution in [0.1, 0.15) is 5.69 Å². The van der Waals surface area contributed by atoms with E-state index in [0.717, 1.165) is 19.7 Å². The molecule has 1 heterocycles. The van der Waals surface area contributed by atoms with E-state index in [1.54, 1.807) is 13.3 Å². The van der Waals surface area contributed by atoms with Gasteiger partial charge in [-0.3, -0.25) is 4.68 Å². The Balaban J connectivity index is 2.20. The fourth-order valence-corrected chi connectivity index (χ4v) is 0.965. The van der Waals surface area contributed by atoms with Gasteiger partial charge in [-0.05, 0) is 6.07 Å². The Bertz CT molecular complexity index is 222. The highest BCUT2D eigenvalue weighted by atomic mass is 16.5. The zero-order chi connectivity index (χ0) is 8.81. The van der Waals surface area contributed by atoms with Crippen LogP contribution in [0.15, 0.2) is 12.3 Å². The van der Waals surface area contributed by atoms with Crippen molar-refractivity contribution in [1.82, 2.24) is 15.1 Å². The second kappa shape index (κ2) is 4.90. The fraction of sp³-hybridized carbons (Fsp3) is 0.625. The maximum absolute atomic E-state index is 4.91. The van der Waals surface area contributed by atoms with Gasteiger partial charge in [0.05, 0.1) is 12.3 Å². The molecule has 0 aromatic carbocycles. The number of methoxy groups -OCH3 is 1. The summed E-state index contributed by atoms with van der Waals surface area (Å²) in [4.78, 5) is 0. The zero-order valence-electron chi connectivity index (χ0n) is 7.58. The van der Waals surface area contributed by atoms with E-state index >= 15 is 0 Å². The lowest BCUT2D eigenvalue weighted by molar-refractivity contribution is 0.199. The van der Waals surface area contributed by atoms with Gasteiger partial charge in [0.2, 0.25) is 0 Å². The average Bonchev–Trinajstić information content (AvgIpc) is 2.46. The number of ether oxygens (including phenoxy) is 1. The van der Waals surface area contributed by atoms with Crippen molar-refractivity contribution in [3.05, 3.63) is 18.0 Å². The van der Waals surface area contributed by atoms with E-state index in [-0.39, 0.29) is 0 Å². The van der Waals surface area contributed by atoms with Crippen LogP contribution in [0.25, 0.3) is 0 Å². The average molecular weight is 169 g/mol. The Morgan fingerprint density at radius 2 is 2.50 bits per heavy atom. The third kappa shape index (κ3) is 2.64. The van der Waals surface area contributed by atoms with Crippen molar-refractivity contribution in [2.24, 2.45) is 7.05 Å². The van der Waals surface area contributed by atoms with Crippen LogP contribution in [0.3, 0.4) is 0 Å². The number of aryl methyl sites for hydroxylation is 1. The molecular weight excluding hydrogens is 154 g/mol. The van der Waals surface area contributed by atoms with Crippen molar-refractivity contribution in [3.8, 4) is 0 Å². The minimum absolute atomic E-state index is 0.748. The molecular formula is C8H15N3O. The van der Waals surface area contributed by atoms with E-state index in [2.05, 4.69) is 10.4 Å². The van der Waals surface area contributed by atoms with Crippen LogP contribution < -0.4 is 5.32 Å². The summed E-state index contributed by atoms with van der Waals surface area (Å²) in [5, 5.41) is 7.30. The maximum atomic E-state index is 4.91. The molecule has 4 nitrogen and oxygen atoms in total. The molecule has 68 valence electrons. The van der Waals surface area contributed by atoms with Gasteiger partial charge in [-0.2, -0.15) is 5.10 Å². The van der Waals surface area contributed by atoms with Gasteiger partial charge in [-0.15, -0.1) is 0 Å². The number of nitrogens with zero attached hydrogens (tertiary/aromatic N) is 2. The number of hydrogen-bond acceptors (Lipinski definition) is 3. The van der Waals surface area contributed by atoms with Crippen LogP contribution in [0.5, 0.6) is 0 Å². The molecule has 0 unspecified atom stereocenters. The van der Waals surface area contributed by atoms with E-state index < -0.39 is 0 Å². The standard InChI is InChI=1S/C8H15N3O/c1-11-8(3-4-10-11)7-9-5-6-12-2/h3-4,9H,5-7H2,1-2H3. The number of nitrogens with one attached hydrogen (secondary N) is 1. The van der Waals surface area contributed by atoms with Crippen molar-refractivity contribution in [2.75, 3.05) is 20.3 Å². The third-order valence-electron chi connectivity index (χ3n) is 1.71. The molecule has 1 aromatic rings. The van der Waals surface area contributed by atoms with Crippen LogP contribution in [-0.2, 0) is 18.3 Å². The van der Waals surface area contributed by atoms with Crippen molar-refractivity contribution in [2.45, 2.75) is 6.54 Å². The quantitative estimate of drug-likeness (QED) is 0.638. The van der Waals surface area contributed by atoms with Gasteiger partial charge in [0.1, 0.15) is 0 Å². The maximum Gasteiger partial charge on any atom is 0.0587 e. The van der Waals surface area contributed by atoms with Gasteiger partial charge >= 0.3 is 0 Å². The van der Waals surface area contributed by atoms with Crippen LogP contribution in [0.2, 0.25) is 0 Å². The van der Waals surface area contributed by atoms with Gasteiger partial charge < -0.3 is 10.1 Å². The molecule has 0 fully saturated rings. The summed E-state index contributed by atoms with van der Waals surface area (Å²) < 4.78 is 6.77. The molecule has 0 spiro atoms. The molecule has 0 bridgehead atoms. The molecule has 0 radical (unpaired) electrons. The Morgan fingerprint density at radius 3 is 3.08 bits per heavy atom. The summed E-state index contributed by atoms with van der Waals surface area (Å²) in [6.45, 7) is 2.47. The predicted molar refractivity (Wildman–Crippen MR) is 46.8 cm³/mol. The topological polar surface area (TPSA) is 39.1 Å². The summed E-state index contributed by atoms with van der Waals surface area (Å²) in [6.07, 6.45) is 1.80. The molecule has 4 heteroatoms. The molecule has 0 atom stereocenters. The predicted octanol–water partition coefficient (Wildman–Crippen LogP) is 0.156. The monoisotopic (exact) mass is 169 g/mol. The van der Waals surface area contributed by atoms with Crippen molar-refractivity contribution in [3.63, 3.8) is 0 Å². The molecule has 0 saturated heterocycles. The zero-order valence-corrected chi connectivity index (χ0v) is 7.58. The minimum Gasteiger partial charge on any atom is -0.383 e. The van der Waals surface area contributed by atoms with Gasteiger partial charge in [-0.25, -0.2) is 0 Å². The van der Waals surface area contributed by atoms with E-state index in [1.807, 2.05) is 17.8 Å². The van der Waals surface area contributed by atoms with E-state index in [1.165, 1.54) is 5.69 Å². The summed E-state index contributed by atoms with van der Waals surface area (Å²) in [7, 11) is 3.64. The van der Waals surface area contributed by atoms with Crippen LogP contribution in [0, 0.1) is 0 Å². The first-order chi connectivity index (χ1) is 5.84. The van der Waals surface area contributed by atoms with Crippen LogP contribution >= 0.6 is 0 Å². The molecule has 0 saturated carbocycles. The SMILES string of the molecule is COCCNCc1ccnn1C. The first-order valence-electron chi connectivity index (χ1n) is 4.01.